The first-order valence-corrected chi connectivity index (χ1v) is 12.9. The van der Waals surface area contributed by atoms with E-state index in [-0.39, 0.29) is 0 Å². The van der Waals surface area contributed by atoms with Gasteiger partial charge in [-0.15, -0.1) is 0 Å². The molecular formula is C31H41N. The molecule has 3 aromatic rings. The Morgan fingerprint density at radius 1 is 0.469 bits per heavy atom. The number of rotatable bonds is 14. The Morgan fingerprint density at radius 3 is 1.53 bits per heavy atom. The molecule has 0 saturated heterocycles. The summed E-state index contributed by atoms with van der Waals surface area (Å²) in [4.78, 5) is 4.71. The smallest absolute Gasteiger partial charge is 0.0702 e. The van der Waals surface area contributed by atoms with Crippen LogP contribution >= 0.6 is 0 Å². The van der Waals surface area contributed by atoms with Crippen LogP contribution in [0.5, 0.6) is 0 Å². The highest BCUT2D eigenvalue weighted by Crippen LogP contribution is 2.25. The van der Waals surface area contributed by atoms with Crippen LogP contribution in [0, 0.1) is 0 Å². The molecule has 0 atom stereocenters. The summed E-state index contributed by atoms with van der Waals surface area (Å²) in [6, 6.07) is 22.4. The second-order valence-corrected chi connectivity index (χ2v) is 9.15. The Morgan fingerprint density at radius 2 is 0.938 bits per heavy atom. The normalized spacial score (nSPS) is 11.1. The first kappa shape index (κ1) is 24.2. The maximum absolute atomic E-state index is 4.71. The van der Waals surface area contributed by atoms with Crippen LogP contribution < -0.4 is 0 Å². The Kier molecular flexibility index (Phi) is 10.5. The van der Waals surface area contributed by atoms with Crippen LogP contribution in [-0.2, 0) is 12.8 Å². The number of aryl methyl sites for hydroxylation is 2. The number of hydrogen-bond acceptors (Lipinski definition) is 1. The van der Waals surface area contributed by atoms with E-state index in [0.717, 1.165) is 12.1 Å². The monoisotopic (exact) mass is 427 g/mol. The molecule has 2 aromatic carbocycles. The number of aromatic nitrogens is 1. The third-order valence-electron chi connectivity index (χ3n) is 6.43. The standard InChI is InChI=1S/C31H41N/c1-3-5-7-9-10-12-13-26-15-18-28(19-16-26)29-20-22-30(23-21-29)31-24-17-27(25-32-31)14-11-8-6-4-2/h15-25H,3-14H2,1-2H3. The van der Waals surface area contributed by atoms with Gasteiger partial charge in [0.2, 0.25) is 0 Å². The number of pyridine rings is 1. The highest BCUT2D eigenvalue weighted by molar-refractivity contribution is 5.69. The Balaban J connectivity index is 1.50. The van der Waals surface area contributed by atoms with E-state index in [9.17, 15) is 0 Å². The summed E-state index contributed by atoms with van der Waals surface area (Å²) in [5.74, 6) is 0. The molecule has 0 fully saturated rings. The fraction of sp³-hybridized carbons (Fsp3) is 0.452. The lowest BCUT2D eigenvalue weighted by molar-refractivity contribution is 0.607. The summed E-state index contributed by atoms with van der Waals surface area (Å²) in [7, 11) is 0. The van der Waals surface area contributed by atoms with Crippen molar-refractivity contribution in [3.63, 3.8) is 0 Å². The zero-order valence-electron chi connectivity index (χ0n) is 20.3. The third-order valence-corrected chi connectivity index (χ3v) is 6.43. The van der Waals surface area contributed by atoms with Gasteiger partial charge in [0.25, 0.3) is 0 Å². The van der Waals surface area contributed by atoms with Crippen molar-refractivity contribution >= 4 is 0 Å². The van der Waals surface area contributed by atoms with Gasteiger partial charge in [0.15, 0.2) is 0 Å². The highest BCUT2D eigenvalue weighted by atomic mass is 14.7. The Labute approximate surface area is 196 Å². The zero-order valence-corrected chi connectivity index (χ0v) is 20.3. The van der Waals surface area contributed by atoms with Gasteiger partial charge in [-0.05, 0) is 54.0 Å². The van der Waals surface area contributed by atoms with E-state index in [1.165, 1.54) is 98.4 Å². The Bertz CT molecular complexity index is 875. The first-order chi connectivity index (χ1) is 15.8. The predicted octanol–water partition coefficient (Wildman–Crippen LogP) is 9.44. The molecule has 0 bridgehead atoms. The van der Waals surface area contributed by atoms with Gasteiger partial charge in [-0.2, -0.15) is 0 Å². The summed E-state index contributed by atoms with van der Waals surface area (Å²) < 4.78 is 0. The second-order valence-electron chi connectivity index (χ2n) is 9.15. The van der Waals surface area contributed by atoms with Gasteiger partial charge in [-0.25, -0.2) is 0 Å². The van der Waals surface area contributed by atoms with Crippen LogP contribution in [0.25, 0.3) is 22.4 Å². The molecular weight excluding hydrogens is 386 g/mol. The van der Waals surface area contributed by atoms with Crippen molar-refractivity contribution < 1.29 is 0 Å². The molecule has 170 valence electrons. The quantitative estimate of drug-likeness (QED) is 0.233. The van der Waals surface area contributed by atoms with Crippen molar-refractivity contribution in [1.82, 2.24) is 4.98 Å². The maximum atomic E-state index is 4.71. The van der Waals surface area contributed by atoms with E-state index in [4.69, 9.17) is 4.98 Å². The molecule has 0 spiro atoms. The summed E-state index contributed by atoms with van der Waals surface area (Å²) in [6.07, 6.45) is 17.7. The molecule has 1 heteroatoms. The lowest BCUT2D eigenvalue weighted by atomic mass is 9.99. The van der Waals surface area contributed by atoms with Crippen molar-refractivity contribution in [2.45, 2.75) is 90.9 Å². The van der Waals surface area contributed by atoms with Crippen molar-refractivity contribution in [1.29, 1.82) is 0 Å². The molecule has 0 unspecified atom stereocenters. The van der Waals surface area contributed by atoms with Gasteiger partial charge in [0.05, 0.1) is 5.69 Å². The van der Waals surface area contributed by atoms with Crippen LogP contribution in [0.1, 0.15) is 89.2 Å². The molecule has 3 rings (SSSR count). The maximum Gasteiger partial charge on any atom is 0.0702 e. The van der Waals surface area contributed by atoms with E-state index in [1.54, 1.807) is 0 Å². The lowest BCUT2D eigenvalue weighted by Crippen LogP contribution is -1.90. The third kappa shape index (κ3) is 7.93. The van der Waals surface area contributed by atoms with Crippen LogP contribution in [0.4, 0.5) is 0 Å². The van der Waals surface area contributed by atoms with E-state index in [2.05, 4.69) is 80.7 Å². The van der Waals surface area contributed by atoms with Crippen LogP contribution in [0.2, 0.25) is 0 Å². The molecule has 0 aliphatic heterocycles. The summed E-state index contributed by atoms with van der Waals surface area (Å²) in [5.41, 5.74) is 7.61. The first-order valence-electron chi connectivity index (χ1n) is 12.9. The van der Waals surface area contributed by atoms with Crippen LogP contribution in [0.15, 0.2) is 66.9 Å². The van der Waals surface area contributed by atoms with Gasteiger partial charge in [0, 0.05) is 11.8 Å². The zero-order chi connectivity index (χ0) is 22.4. The van der Waals surface area contributed by atoms with E-state index < -0.39 is 0 Å². The molecule has 0 radical (unpaired) electrons. The molecule has 32 heavy (non-hydrogen) atoms. The Hall–Kier alpha value is -2.41. The van der Waals surface area contributed by atoms with Gasteiger partial charge in [0.1, 0.15) is 0 Å². The van der Waals surface area contributed by atoms with Crippen molar-refractivity contribution in [2.24, 2.45) is 0 Å². The average Bonchev–Trinajstić information content (AvgIpc) is 2.85. The average molecular weight is 428 g/mol. The molecule has 0 aliphatic rings. The fourth-order valence-electron chi connectivity index (χ4n) is 4.31. The van der Waals surface area contributed by atoms with E-state index >= 15 is 0 Å². The molecule has 0 amide bonds. The molecule has 1 nitrogen and oxygen atoms in total. The molecule has 0 aliphatic carbocycles. The van der Waals surface area contributed by atoms with Crippen molar-refractivity contribution in [3.05, 3.63) is 78.0 Å². The van der Waals surface area contributed by atoms with Gasteiger partial charge in [-0.3, -0.25) is 4.98 Å². The van der Waals surface area contributed by atoms with Gasteiger partial charge in [-0.1, -0.05) is 120 Å². The highest BCUT2D eigenvalue weighted by Gasteiger charge is 2.03. The fourth-order valence-corrected chi connectivity index (χ4v) is 4.31. The summed E-state index contributed by atoms with van der Waals surface area (Å²) in [5, 5.41) is 0. The lowest BCUT2D eigenvalue weighted by Gasteiger charge is -2.07. The number of benzene rings is 2. The van der Waals surface area contributed by atoms with Crippen LogP contribution in [-0.4, -0.2) is 4.98 Å². The predicted molar refractivity (Wildman–Crippen MR) is 140 cm³/mol. The molecule has 0 saturated carbocycles. The minimum absolute atomic E-state index is 1.06. The SMILES string of the molecule is CCCCCCCCc1ccc(-c2ccc(-c3ccc(CCCCCC)cn3)cc2)cc1. The van der Waals surface area contributed by atoms with Crippen molar-refractivity contribution in [2.75, 3.05) is 0 Å². The number of unbranched alkanes of at least 4 members (excludes halogenated alkanes) is 8. The van der Waals surface area contributed by atoms with Gasteiger partial charge < -0.3 is 0 Å². The van der Waals surface area contributed by atoms with Crippen molar-refractivity contribution in [3.8, 4) is 22.4 Å². The number of hydrogen-bond donors (Lipinski definition) is 0. The largest absolute Gasteiger partial charge is 0.256 e. The van der Waals surface area contributed by atoms with Crippen LogP contribution in [0.3, 0.4) is 0 Å². The van der Waals surface area contributed by atoms with E-state index in [1.807, 2.05) is 0 Å². The summed E-state index contributed by atoms with van der Waals surface area (Å²) in [6.45, 7) is 4.53. The summed E-state index contributed by atoms with van der Waals surface area (Å²) >= 11 is 0. The van der Waals surface area contributed by atoms with E-state index in [0.29, 0.717) is 0 Å². The van der Waals surface area contributed by atoms with Gasteiger partial charge >= 0.3 is 0 Å². The minimum Gasteiger partial charge on any atom is -0.256 e. The number of nitrogens with zero attached hydrogens (tertiary/aromatic N) is 1. The topological polar surface area (TPSA) is 12.9 Å². The molecule has 0 N–H and O–H groups in total. The second kappa shape index (κ2) is 13.9. The molecule has 1 aromatic heterocycles. The minimum atomic E-state index is 1.06. The molecule has 1 heterocycles.